The molecule has 1 saturated heterocycles. The molecule has 1 aromatic rings. The summed E-state index contributed by atoms with van der Waals surface area (Å²) in [6, 6.07) is 5.04. The Morgan fingerprint density at radius 3 is 2.42 bits per heavy atom. The summed E-state index contributed by atoms with van der Waals surface area (Å²) >= 11 is 2.13. The van der Waals surface area contributed by atoms with Gasteiger partial charge in [0.25, 0.3) is 0 Å². The van der Waals surface area contributed by atoms with Gasteiger partial charge in [0, 0.05) is 17.3 Å². The van der Waals surface area contributed by atoms with Gasteiger partial charge in [-0.1, -0.05) is 17.7 Å². The predicted octanol–water partition coefficient (Wildman–Crippen LogP) is 4.55. The van der Waals surface area contributed by atoms with Crippen LogP contribution in [-0.4, -0.2) is 17.0 Å². The van der Waals surface area contributed by atoms with Crippen molar-refractivity contribution in [2.75, 3.05) is 12.3 Å². The third kappa shape index (κ3) is 3.55. The highest BCUT2D eigenvalue weighted by Gasteiger charge is 2.29. The number of thioether (sulfide) groups is 1. The highest BCUT2D eigenvalue weighted by Crippen LogP contribution is 2.37. The maximum atomic E-state index is 3.76. The average molecular weight is 277 g/mol. The molecule has 1 heterocycles. The van der Waals surface area contributed by atoms with Crippen LogP contribution in [0.2, 0.25) is 0 Å². The van der Waals surface area contributed by atoms with E-state index in [0.29, 0.717) is 10.8 Å². The van der Waals surface area contributed by atoms with Crippen LogP contribution in [0.15, 0.2) is 12.1 Å². The van der Waals surface area contributed by atoms with Crippen molar-refractivity contribution in [1.29, 1.82) is 0 Å². The summed E-state index contributed by atoms with van der Waals surface area (Å²) in [6.07, 6.45) is 2.73. The van der Waals surface area contributed by atoms with Crippen LogP contribution in [0.5, 0.6) is 0 Å². The summed E-state index contributed by atoms with van der Waals surface area (Å²) in [4.78, 5) is 0. The summed E-state index contributed by atoms with van der Waals surface area (Å²) < 4.78 is 0.445. The van der Waals surface area contributed by atoms with Gasteiger partial charge in [-0.2, -0.15) is 11.8 Å². The highest BCUT2D eigenvalue weighted by atomic mass is 32.2. The van der Waals surface area contributed by atoms with Gasteiger partial charge < -0.3 is 5.32 Å². The molecule has 1 nitrogen and oxygen atoms in total. The van der Waals surface area contributed by atoms with Crippen molar-refractivity contribution < 1.29 is 0 Å². The first-order valence-electron chi connectivity index (χ1n) is 7.36. The molecule has 0 bridgehead atoms. The fraction of sp³-hybridized carbons (Fsp3) is 0.647. The number of rotatable bonds is 4. The van der Waals surface area contributed by atoms with Gasteiger partial charge >= 0.3 is 0 Å². The summed E-state index contributed by atoms with van der Waals surface area (Å²) in [5.41, 5.74) is 5.69. The van der Waals surface area contributed by atoms with Crippen molar-refractivity contribution in [2.24, 2.45) is 0 Å². The lowest BCUT2D eigenvalue weighted by Crippen LogP contribution is -2.34. The molecule has 0 aromatic heterocycles. The average Bonchev–Trinajstić information content (AvgIpc) is 2.73. The number of hydrogen-bond donors (Lipinski definition) is 1. The Morgan fingerprint density at radius 1 is 1.26 bits per heavy atom. The van der Waals surface area contributed by atoms with E-state index in [4.69, 9.17) is 0 Å². The Bertz CT molecular complexity index is 424. The molecule has 2 unspecified atom stereocenters. The Balaban J connectivity index is 2.06. The zero-order valence-electron chi connectivity index (χ0n) is 13.0. The van der Waals surface area contributed by atoms with E-state index >= 15 is 0 Å². The van der Waals surface area contributed by atoms with Gasteiger partial charge in [0.2, 0.25) is 0 Å². The van der Waals surface area contributed by atoms with Crippen LogP contribution < -0.4 is 5.32 Å². The predicted molar refractivity (Wildman–Crippen MR) is 87.2 cm³/mol. The van der Waals surface area contributed by atoms with Crippen molar-refractivity contribution in [1.82, 2.24) is 5.32 Å². The minimum absolute atomic E-state index is 0.443. The monoisotopic (exact) mass is 277 g/mol. The van der Waals surface area contributed by atoms with Crippen LogP contribution in [0, 0.1) is 20.8 Å². The van der Waals surface area contributed by atoms with E-state index in [0.717, 1.165) is 6.54 Å². The summed E-state index contributed by atoms with van der Waals surface area (Å²) in [7, 11) is 0. The van der Waals surface area contributed by atoms with Crippen LogP contribution in [0.1, 0.15) is 55.0 Å². The van der Waals surface area contributed by atoms with Gasteiger partial charge in [-0.25, -0.2) is 0 Å². The molecular formula is C17H27NS. The molecule has 2 atom stereocenters. The first kappa shape index (κ1) is 14.9. The van der Waals surface area contributed by atoms with Gasteiger partial charge in [0.05, 0.1) is 0 Å². The van der Waals surface area contributed by atoms with Crippen molar-refractivity contribution in [3.05, 3.63) is 34.4 Å². The van der Waals surface area contributed by atoms with E-state index in [1.54, 1.807) is 0 Å². The molecule has 2 heteroatoms. The van der Waals surface area contributed by atoms with Crippen LogP contribution in [0.4, 0.5) is 0 Å². The van der Waals surface area contributed by atoms with Gasteiger partial charge in [-0.15, -0.1) is 0 Å². The van der Waals surface area contributed by atoms with E-state index in [-0.39, 0.29) is 0 Å². The molecule has 1 aliphatic rings. The standard InChI is InChI=1S/C17H27NS/c1-12-9-13(2)16(14(3)10-12)15(4)18-11-17(5)7-6-8-19-17/h9-10,15,18H,6-8,11H2,1-5H3. The minimum atomic E-state index is 0.443. The fourth-order valence-corrected chi connectivity index (χ4v) is 4.58. The zero-order valence-corrected chi connectivity index (χ0v) is 13.8. The largest absolute Gasteiger partial charge is 0.309 e. The molecule has 0 aliphatic carbocycles. The van der Waals surface area contributed by atoms with E-state index in [1.807, 2.05) is 0 Å². The zero-order chi connectivity index (χ0) is 14.0. The third-order valence-electron chi connectivity index (χ3n) is 4.25. The molecule has 1 fully saturated rings. The van der Waals surface area contributed by atoms with Gasteiger partial charge in [0.15, 0.2) is 0 Å². The smallest absolute Gasteiger partial charge is 0.0297 e. The molecule has 106 valence electrons. The lowest BCUT2D eigenvalue weighted by Gasteiger charge is -2.27. The first-order chi connectivity index (χ1) is 8.91. The number of nitrogens with one attached hydrogen (secondary N) is 1. The Kier molecular flexibility index (Phi) is 4.62. The normalized spacial score (nSPS) is 24.7. The van der Waals surface area contributed by atoms with E-state index in [2.05, 4.69) is 63.8 Å². The number of hydrogen-bond acceptors (Lipinski definition) is 2. The second kappa shape index (κ2) is 5.88. The Morgan fingerprint density at radius 2 is 1.89 bits per heavy atom. The number of aryl methyl sites for hydroxylation is 3. The van der Waals surface area contributed by atoms with E-state index < -0.39 is 0 Å². The molecule has 1 aromatic carbocycles. The molecule has 19 heavy (non-hydrogen) atoms. The lowest BCUT2D eigenvalue weighted by atomic mass is 9.94. The molecule has 1 N–H and O–H groups in total. The Labute approximate surface area is 122 Å². The number of benzene rings is 1. The van der Waals surface area contributed by atoms with E-state index in [9.17, 15) is 0 Å². The molecule has 0 amide bonds. The summed E-state index contributed by atoms with van der Waals surface area (Å²) in [5.74, 6) is 1.33. The third-order valence-corrected chi connectivity index (χ3v) is 5.79. The maximum Gasteiger partial charge on any atom is 0.0297 e. The minimum Gasteiger partial charge on any atom is -0.309 e. The lowest BCUT2D eigenvalue weighted by molar-refractivity contribution is 0.488. The van der Waals surface area contributed by atoms with Crippen LogP contribution in [0.3, 0.4) is 0 Å². The van der Waals surface area contributed by atoms with Gasteiger partial charge in [0.1, 0.15) is 0 Å². The molecule has 0 saturated carbocycles. The van der Waals surface area contributed by atoms with Crippen LogP contribution in [-0.2, 0) is 0 Å². The second-order valence-electron chi connectivity index (χ2n) is 6.32. The van der Waals surface area contributed by atoms with Crippen LogP contribution >= 0.6 is 11.8 Å². The molecule has 1 aliphatic heterocycles. The second-order valence-corrected chi connectivity index (χ2v) is 8.00. The van der Waals surface area contributed by atoms with E-state index in [1.165, 1.54) is 40.8 Å². The van der Waals surface area contributed by atoms with Crippen molar-refractivity contribution >= 4 is 11.8 Å². The van der Waals surface area contributed by atoms with Crippen molar-refractivity contribution in [3.8, 4) is 0 Å². The maximum absolute atomic E-state index is 3.76. The van der Waals surface area contributed by atoms with Gasteiger partial charge in [-0.3, -0.25) is 0 Å². The first-order valence-corrected chi connectivity index (χ1v) is 8.35. The summed E-state index contributed by atoms with van der Waals surface area (Å²) in [5, 5.41) is 3.76. The van der Waals surface area contributed by atoms with Crippen molar-refractivity contribution in [2.45, 2.75) is 58.2 Å². The summed E-state index contributed by atoms with van der Waals surface area (Å²) in [6.45, 7) is 12.5. The fourth-order valence-electron chi connectivity index (χ4n) is 3.32. The van der Waals surface area contributed by atoms with Crippen molar-refractivity contribution in [3.63, 3.8) is 0 Å². The Hall–Kier alpha value is -0.470. The highest BCUT2D eigenvalue weighted by molar-refractivity contribution is 8.00. The quantitative estimate of drug-likeness (QED) is 0.866. The molecule has 0 radical (unpaired) electrons. The SMILES string of the molecule is Cc1cc(C)c(C(C)NCC2(C)CCCS2)c(C)c1. The molecule has 2 rings (SSSR count). The van der Waals surface area contributed by atoms with Crippen LogP contribution in [0.25, 0.3) is 0 Å². The van der Waals surface area contributed by atoms with Gasteiger partial charge in [-0.05, 0) is 69.9 Å². The topological polar surface area (TPSA) is 12.0 Å². The molecule has 0 spiro atoms. The molecular weight excluding hydrogens is 250 g/mol.